The number of halogens is 1. The van der Waals surface area contributed by atoms with Gasteiger partial charge in [-0.2, -0.15) is 0 Å². The Kier molecular flexibility index (Phi) is 4.46. The van der Waals surface area contributed by atoms with E-state index >= 15 is 0 Å². The van der Waals surface area contributed by atoms with Gasteiger partial charge in [-0.15, -0.1) is 0 Å². The van der Waals surface area contributed by atoms with Crippen molar-refractivity contribution < 1.29 is 14.0 Å². The maximum atomic E-state index is 13.9. The zero-order valence-electron chi connectivity index (χ0n) is 15.5. The molecule has 4 rings (SSSR count). The quantitative estimate of drug-likeness (QED) is 0.835. The Hall–Kier alpha value is -2.69. The summed E-state index contributed by atoms with van der Waals surface area (Å²) in [5.74, 6) is -0.386. The van der Waals surface area contributed by atoms with Gasteiger partial charge in [0.25, 0.3) is 0 Å². The summed E-state index contributed by atoms with van der Waals surface area (Å²) >= 11 is 0. The van der Waals surface area contributed by atoms with E-state index in [4.69, 9.17) is 0 Å². The first-order chi connectivity index (χ1) is 13.0. The molecule has 27 heavy (non-hydrogen) atoms. The highest BCUT2D eigenvalue weighted by Gasteiger charge is 2.53. The van der Waals surface area contributed by atoms with E-state index in [9.17, 15) is 14.0 Å². The van der Waals surface area contributed by atoms with E-state index in [-0.39, 0.29) is 30.7 Å². The van der Waals surface area contributed by atoms with E-state index in [2.05, 4.69) is 0 Å². The van der Waals surface area contributed by atoms with Crippen molar-refractivity contribution in [3.05, 3.63) is 71.0 Å². The number of hydrogen-bond acceptors (Lipinski definition) is 2. The average molecular weight is 366 g/mol. The molecule has 1 saturated heterocycles. The van der Waals surface area contributed by atoms with Crippen molar-refractivity contribution >= 4 is 11.8 Å². The van der Waals surface area contributed by atoms with Crippen LogP contribution in [0.4, 0.5) is 4.39 Å². The van der Waals surface area contributed by atoms with E-state index < -0.39 is 5.41 Å². The maximum absolute atomic E-state index is 13.9. The lowest BCUT2D eigenvalue weighted by Crippen LogP contribution is -2.54. The Morgan fingerprint density at radius 3 is 2.41 bits per heavy atom. The molecule has 2 amide bonds. The number of hydrogen-bond donors (Lipinski definition) is 0. The zero-order valence-corrected chi connectivity index (χ0v) is 15.5. The molecule has 1 aliphatic carbocycles. The Bertz CT molecular complexity index is 874. The van der Waals surface area contributed by atoms with Crippen molar-refractivity contribution in [1.29, 1.82) is 0 Å². The van der Waals surface area contributed by atoms with Crippen molar-refractivity contribution in [2.24, 2.45) is 0 Å². The number of piperazine rings is 1. The van der Waals surface area contributed by atoms with Gasteiger partial charge in [0.15, 0.2) is 0 Å². The summed E-state index contributed by atoms with van der Waals surface area (Å²) < 4.78 is 13.9. The highest BCUT2D eigenvalue weighted by molar-refractivity contribution is 5.94. The average Bonchev–Trinajstić information content (AvgIpc) is 3.47. The number of nitrogens with zero attached hydrogens (tertiary/aromatic N) is 2. The molecule has 0 N–H and O–H groups in total. The summed E-state index contributed by atoms with van der Waals surface area (Å²) in [6, 6.07) is 14.6. The number of aryl methyl sites for hydroxylation is 1. The molecule has 1 aliphatic heterocycles. The van der Waals surface area contributed by atoms with Crippen LogP contribution in [-0.4, -0.2) is 41.2 Å². The Morgan fingerprint density at radius 2 is 1.78 bits per heavy atom. The largest absolute Gasteiger partial charge is 0.335 e. The minimum Gasteiger partial charge on any atom is -0.335 e. The predicted molar refractivity (Wildman–Crippen MR) is 100 cm³/mol. The SMILES string of the molecule is Cc1ccc(C2(C(=O)N3CCN(Cc4ccccc4F)C(=O)C3)CC2)cc1. The highest BCUT2D eigenvalue weighted by atomic mass is 19.1. The van der Waals surface area contributed by atoms with Crippen LogP contribution < -0.4 is 0 Å². The maximum Gasteiger partial charge on any atom is 0.242 e. The first-order valence-electron chi connectivity index (χ1n) is 9.37. The standard InChI is InChI=1S/C22H23FN2O2/c1-16-6-8-18(9-7-16)22(10-11-22)21(27)25-13-12-24(20(26)15-25)14-17-4-2-3-5-19(17)23/h2-9H,10-15H2,1H3. The van der Waals surface area contributed by atoms with Gasteiger partial charge in [0, 0.05) is 25.2 Å². The monoisotopic (exact) mass is 366 g/mol. The fourth-order valence-electron chi connectivity index (χ4n) is 3.81. The molecule has 2 fully saturated rings. The zero-order chi connectivity index (χ0) is 19.0. The van der Waals surface area contributed by atoms with Crippen LogP contribution in [-0.2, 0) is 21.5 Å². The lowest BCUT2D eigenvalue weighted by atomic mass is 9.93. The molecule has 2 aliphatic rings. The summed E-state index contributed by atoms with van der Waals surface area (Å²) in [7, 11) is 0. The third kappa shape index (κ3) is 3.34. The number of amides is 2. The van der Waals surface area contributed by atoms with Crippen molar-refractivity contribution in [3.8, 4) is 0 Å². The second-order valence-corrected chi connectivity index (χ2v) is 7.58. The molecular weight excluding hydrogens is 343 g/mol. The van der Waals surface area contributed by atoms with E-state index in [0.29, 0.717) is 18.7 Å². The fraction of sp³-hybridized carbons (Fsp3) is 0.364. The number of carbonyl (C=O) groups is 2. The van der Waals surface area contributed by atoms with Crippen LogP contribution in [0.2, 0.25) is 0 Å². The lowest BCUT2D eigenvalue weighted by molar-refractivity contribution is -0.147. The number of benzene rings is 2. The molecular formula is C22H23FN2O2. The van der Waals surface area contributed by atoms with Crippen LogP contribution in [0.15, 0.2) is 48.5 Å². The molecule has 5 heteroatoms. The van der Waals surface area contributed by atoms with Gasteiger partial charge in [-0.25, -0.2) is 4.39 Å². The molecule has 140 valence electrons. The van der Waals surface area contributed by atoms with Crippen molar-refractivity contribution in [1.82, 2.24) is 9.80 Å². The number of carbonyl (C=O) groups excluding carboxylic acids is 2. The second kappa shape index (κ2) is 6.80. The van der Waals surface area contributed by atoms with Gasteiger partial charge in [-0.3, -0.25) is 9.59 Å². The van der Waals surface area contributed by atoms with Crippen molar-refractivity contribution in [2.75, 3.05) is 19.6 Å². The minimum absolute atomic E-state index is 0.0465. The Balaban J connectivity index is 1.44. The Labute approximate surface area is 158 Å². The lowest BCUT2D eigenvalue weighted by Gasteiger charge is -2.36. The third-order valence-corrected chi connectivity index (χ3v) is 5.69. The first-order valence-corrected chi connectivity index (χ1v) is 9.37. The van der Waals surface area contributed by atoms with Gasteiger partial charge in [-0.05, 0) is 31.4 Å². The van der Waals surface area contributed by atoms with Crippen LogP contribution in [0.1, 0.15) is 29.5 Å². The summed E-state index contributed by atoms with van der Waals surface area (Å²) in [5.41, 5.74) is 2.25. The van der Waals surface area contributed by atoms with Crippen LogP contribution in [0.5, 0.6) is 0 Å². The molecule has 0 unspecified atom stereocenters. The molecule has 4 nitrogen and oxygen atoms in total. The first kappa shape index (κ1) is 17.7. The van der Waals surface area contributed by atoms with Gasteiger partial charge in [0.1, 0.15) is 5.82 Å². The molecule has 0 radical (unpaired) electrons. The number of rotatable bonds is 4. The van der Waals surface area contributed by atoms with Gasteiger partial charge >= 0.3 is 0 Å². The molecule has 0 atom stereocenters. The van der Waals surface area contributed by atoms with Gasteiger partial charge in [0.2, 0.25) is 11.8 Å². The minimum atomic E-state index is -0.457. The summed E-state index contributed by atoms with van der Waals surface area (Å²) in [5, 5.41) is 0. The molecule has 2 aromatic carbocycles. The van der Waals surface area contributed by atoms with E-state index in [1.165, 1.54) is 11.6 Å². The van der Waals surface area contributed by atoms with E-state index in [0.717, 1.165) is 18.4 Å². The smallest absolute Gasteiger partial charge is 0.242 e. The summed E-state index contributed by atoms with van der Waals surface area (Å²) in [6.45, 7) is 3.27. The molecule has 0 spiro atoms. The van der Waals surface area contributed by atoms with Crippen molar-refractivity contribution in [3.63, 3.8) is 0 Å². The summed E-state index contributed by atoms with van der Waals surface area (Å²) in [4.78, 5) is 29.0. The third-order valence-electron chi connectivity index (χ3n) is 5.69. The van der Waals surface area contributed by atoms with Crippen LogP contribution >= 0.6 is 0 Å². The van der Waals surface area contributed by atoms with E-state index in [1.54, 1.807) is 28.0 Å². The van der Waals surface area contributed by atoms with Crippen LogP contribution in [0.25, 0.3) is 0 Å². The predicted octanol–water partition coefficient (Wildman–Crippen LogP) is 3.04. The summed E-state index contributed by atoms with van der Waals surface area (Å²) in [6.07, 6.45) is 1.66. The molecule has 0 aromatic heterocycles. The van der Waals surface area contributed by atoms with E-state index in [1.807, 2.05) is 31.2 Å². The molecule has 1 saturated carbocycles. The Morgan fingerprint density at radius 1 is 1.07 bits per heavy atom. The fourth-order valence-corrected chi connectivity index (χ4v) is 3.81. The second-order valence-electron chi connectivity index (χ2n) is 7.58. The molecule has 2 aromatic rings. The van der Waals surface area contributed by atoms with Crippen molar-refractivity contribution in [2.45, 2.75) is 31.7 Å². The highest BCUT2D eigenvalue weighted by Crippen LogP contribution is 2.49. The van der Waals surface area contributed by atoms with Gasteiger partial charge in [0.05, 0.1) is 12.0 Å². The van der Waals surface area contributed by atoms with Gasteiger partial charge in [-0.1, -0.05) is 48.0 Å². The topological polar surface area (TPSA) is 40.6 Å². The van der Waals surface area contributed by atoms with Crippen LogP contribution in [0.3, 0.4) is 0 Å². The van der Waals surface area contributed by atoms with Crippen LogP contribution in [0, 0.1) is 12.7 Å². The normalized spacial score (nSPS) is 18.5. The van der Waals surface area contributed by atoms with Gasteiger partial charge < -0.3 is 9.80 Å². The molecule has 1 heterocycles. The molecule has 0 bridgehead atoms.